The second-order valence-electron chi connectivity index (χ2n) is 6.33. The molecule has 0 radical (unpaired) electrons. The van der Waals surface area contributed by atoms with Crippen molar-refractivity contribution in [2.45, 2.75) is 23.5 Å². The number of benzene rings is 2. The van der Waals surface area contributed by atoms with Gasteiger partial charge in [0.25, 0.3) is 10.0 Å². The highest BCUT2D eigenvalue weighted by Gasteiger charge is 2.39. The fourth-order valence-corrected chi connectivity index (χ4v) is 5.24. The molecule has 8 nitrogen and oxygen atoms in total. The van der Waals surface area contributed by atoms with E-state index < -0.39 is 15.3 Å². The summed E-state index contributed by atoms with van der Waals surface area (Å²) in [6, 6.07) is 14.6. The summed E-state index contributed by atoms with van der Waals surface area (Å²) in [5.74, 6) is -0.0304. The maximum Gasteiger partial charge on any atom is 0.284 e. The van der Waals surface area contributed by atoms with Crippen LogP contribution in [0, 0.1) is 0 Å². The number of rotatable bonds is 7. The molecule has 2 aromatic rings. The van der Waals surface area contributed by atoms with Crippen molar-refractivity contribution in [3.05, 3.63) is 54.6 Å². The third kappa shape index (κ3) is 5.00. The maximum atomic E-state index is 12.7. The Kier molecular flexibility index (Phi) is 6.78. The maximum absolute atomic E-state index is 12.7. The molecular weight excluding hydrogens is 426 g/mol. The van der Waals surface area contributed by atoms with E-state index in [0.29, 0.717) is 11.4 Å². The number of carbonyl (C=O) groups is 2. The Bertz CT molecular complexity index is 1050. The second-order valence-corrected chi connectivity index (χ2v) is 9.11. The summed E-state index contributed by atoms with van der Waals surface area (Å²) in [4.78, 5) is 26.4. The number of amidine groups is 1. The number of methoxy groups -OCH3 is 1. The SMILES string of the molecule is CCN1C(=O)C(CC(=O)Nc2ccc(OC)cc2)S/C1=N/S(=O)(=O)c1ccccc1. The Morgan fingerprint density at radius 2 is 1.83 bits per heavy atom. The summed E-state index contributed by atoms with van der Waals surface area (Å²) < 4.78 is 34.0. The lowest BCUT2D eigenvalue weighted by molar-refractivity contribution is -0.128. The van der Waals surface area contributed by atoms with Crippen LogP contribution in [0.4, 0.5) is 5.69 Å². The van der Waals surface area contributed by atoms with Crippen LogP contribution in [0.15, 0.2) is 63.9 Å². The third-order valence-corrected chi connectivity index (χ3v) is 6.89. The first-order valence-corrected chi connectivity index (χ1v) is 11.5. The Hall–Kier alpha value is -2.85. The van der Waals surface area contributed by atoms with Gasteiger partial charge < -0.3 is 10.1 Å². The minimum atomic E-state index is -3.96. The number of nitrogens with one attached hydrogen (secondary N) is 1. The summed E-state index contributed by atoms with van der Waals surface area (Å²) in [5, 5.41) is 2.06. The van der Waals surface area contributed by atoms with Crippen LogP contribution in [-0.2, 0) is 19.6 Å². The molecule has 1 heterocycles. The minimum absolute atomic E-state index is 0.0438. The van der Waals surface area contributed by atoms with Gasteiger partial charge in [-0.2, -0.15) is 8.42 Å². The zero-order valence-electron chi connectivity index (χ0n) is 16.4. The molecule has 0 saturated carbocycles. The molecule has 10 heteroatoms. The minimum Gasteiger partial charge on any atom is -0.497 e. The van der Waals surface area contributed by atoms with Crippen molar-refractivity contribution in [2.75, 3.05) is 19.0 Å². The van der Waals surface area contributed by atoms with E-state index in [9.17, 15) is 18.0 Å². The monoisotopic (exact) mass is 447 g/mol. The van der Waals surface area contributed by atoms with Gasteiger partial charge in [0, 0.05) is 18.7 Å². The Labute approximate surface area is 179 Å². The first-order chi connectivity index (χ1) is 14.3. The number of ether oxygens (including phenoxy) is 1. The lowest BCUT2D eigenvalue weighted by Crippen LogP contribution is -2.33. The molecule has 0 spiro atoms. The highest BCUT2D eigenvalue weighted by atomic mass is 32.2. The van der Waals surface area contributed by atoms with Crippen LogP contribution >= 0.6 is 11.8 Å². The summed E-state index contributed by atoms with van der Waals surface area (Å²) >= 11 is 0.984. The molecule has 0 aliphatic carbocycles. The molecule has 2 amide bonds. The van der Waals surface area contributed by atoms with E-state index in [1.807, 2.05) is 0 Å². The molecule has 1 N–H and O–H groups in total. The summed E-state index contributed by atoms with van der Waals surface area (Å²) in [6.45, 7) is 1.98. The van der Waals surface area contributed by atoms with Gasteiger partial charge in [0.05, 0.1) is 12.0 Å². The average molecular weight is 448 g/mol. The van der Waals surface area contributed by atoms with Gasteiger partial charge in [-0.1, -0.05) is 30.0 Å². The van der Waals surface area contributed by atoms with E-state index in [1.165, 1.54) is 17.0 Å². The quantitative estimate of drug-likeness (QED) is 0.700. The predicted octanol–water partition coefficient (Wildman–Crippen LogP) is 2.73. The number of anilines is 1. The molecule has 2 aromatic carbocycles. The smallest absolute Gasteiger partial charge is 0.284 e. The summed E-state index contributed by atoms with van der Waals surface area (Å²) in [6.07, 6.45) is -0.101. The Morgan fingerprint density at radius 3 is 2.43 bits per heavy atom. The standard InChI is InChI=1S/C20H21N3O5S2/c1-3-23-19(25)17(13-18(24)21-14-9-11-15(28-2)12-10-14)29-20(23)22-30(26,27)16-7-5-4-6-8-16/h4-12,17H,3,13H2,1-2H3,(H,21,24)/b22-20+. The zero-order valence-corrected chi connectivity index (χ0v) is 18.1. The van der Waals surface area contributed by atoms with E-state index in [-0.39, 0.29) is 34.8 Å². The molecule has 3 rings (SSSR count). The molecule has 1 aliphatic rings. The molecule has 1 saturated heterocycles. The molecule has 1 unspecified atom stereocenters. The van der Waals surface area contributed by atoms with Crippen molar-refractivity contribution < 1.29 is 22.7 Å². The van der Waals surface area contributed by atoms with Crippen molar-refractivity contribution in [3.8, 4) is 5.75 Å². The number of hydrogen-bond donors (Lipinski definition) is 1. The number of sulfonamides is 1. The topological polar surface area (TPSA) is 105 Å². The number of nitrogens with zero attached hydrogens (tertiary/aromatic N) is 2. The number of thioether (sulfide) groups is 1. The van der Waals surface area contributed by atoms with E-state index in [4.69, 9.17) is 4.74 Å². The highest BCUT2D eigenvalue weighted by Crippen LogP contribution is 2.31. The lowest BCUT2D eigenvalue weighted by Gasteiger charge is -2.13. The number of carbonyl (C=O) groups excluding carboxylic acids is 2. The van der Waals surface area contributed by atoms with Crippen molar-refractivity contribution in [2.24, 2.45) is 4.40 Å². The van der Waals surface area contributed by atoms with E-state index in [1.54, 1.807) is 56.5 Å². The molecule has 0 aromatic heterocycles. The van der Waals surface area contributed by atoms with Crippen LogP contribution in [-0.4, -0.2) is 49.2 Å². The molecule has 30 heavy (non-hydrogen) atoms. The first-order valence-electron chi connectivity index (χ1n) is 9.16. The highest BCUT2D eigenvalue weighted by molar-refractivity contribution is 8.16. The zero-order chi connectivity index (χ0) is 21.7. The van der Waals surface area contributed by atoms with E-state index in [0.717, 1.165) is 11.8 Å². The molecule has 1 atom stereocenters. The Balaban J connectivity index is 1.72. The van der Waals surface area contributed by atoms with Gasteiger partial charge in [0.15, 0.2) is 5.17 Å². The number of hydrogen-bond acceptors (Lipinski definition) is 6. The molecule has 1 aliphatic heterocycles. The van der Waals surface area contributed by atoms with Gasteiger partial charge in [-0.3, -0.25) is 14.5 Å². The van der Waals surface area contributed by atoms with Crippen LogP contribution < -0.4 is 10.1 Å². The van der Waals surface area contributed by atoms with Gasteiger partial charge in [-0.15, -0.1) is 4.40 Å². The van der Waals surface area contributed by atoms with Crippen molar-refractivity contribution in [1.82, 2.24) is 4.90 Å². The van der Waals surface area contributed by atoms with Gasteiger partial charge in [-0.05, 0) is 43.3 Å². The predicted molar refractivity (Wildman–Crippen MR) is 116 cm³/mol. The van der Waals surface area contributed by atoms with E-state index in [2.05, 4.69) is 9.71 Å². The van der Waals surface area contributed by atoms with Crippen molar-refractivity contribution >= 4 is 44.5 Å². The Morgan fingerprint density at radius 1 is 1.17 bits per heavy atom. The van der Waals surface area contributed by atoms with Crippen LogP contribution in [0.5, 0.6) is 5.75 Å². The van der Waals surface area contributed by atoms with Crippen molar-refractivity contribution in [1.29, 1.82) is 0 Å². The fraction of sp³-hybridized carbons (Fsp3) is 0.250. The second kappa shape index (κ2) is 9.31. The lowest BCUT2D eigenvalue weighted by atomic mass is 10.2. The fourth-order valence-electron chi connectivity index (χ4n) is 2.80. The molecule has 0 bridgehead atoms. The van der Waals surface area contributed by atoms with Gasteiger partial charge in [0.2, 0.25) is 11.8 Å². The van der Waals surface area contributed by atoms with Gasteiger partial charge >= 0.3 is 0 Å². The molecular formula is C20H21N3O5S2. The number of amides is 2. The normalized spacial score (nSPS) is 17.9. The van der Waals surface area contributed by atoms with Crippen LogP contribution in [0.2, 0.25) is 0 Å². The summed E-state index contributed by atoms with van der Waals surface area (Å²) in [5.41, 5.74) is 0.573. The molecule has 1 fully saturated rings. The molecule has 158 valence electrons. The largest absolute Gasteiger partial charge is 0.497 e. The van der Waals surface area contributed by atoms with Gasteiger partial charge in [-0.25, -0.2) is 0 Å². The summed E-state index contributed by atoms with van der Waals surface area (Å²) in [7, 11) is -2.41. The van der Waals surface area contributed by atoms with Crippen molar-refractivity contribution in [3.63, 3.8) is 0 Å². The van der Waals surface area contributed by atoms with Crippen LogP contribution in [0.25, 0.3) is 0 Å². The van der Waals surface area contributed by atoms with Crippen LogP contribution in [0.1, 0.15) is 13.3 Å². The van der Waals surface area contributed by atoms with Gasteiger partial charge in [0.1, 0.15) is 11.0 Å². The van der Waals surface area contributed by atoms with Crippen LogP contribution in [0.3, 0.4) is 0 Å². The third-order valence-electron chi connectivity index (χ3n) is 4.32. The van der Waals surface area contributed by atoms with E-state index >= 15 is 0 Å². The average Bonchev–Trinajstić information content (AvgIpc) is 3.02. The first kappa shape index (κ1) is 21.8.